The number of nitrogens with zero attached hydrogens (tertiary/aromatic N) is 1. The van der Waals surface area contributed by atoms with Crippen LogP contribution in [0.5, 0.6) is 0 Å². The van der Waals surface area contributed by atoms with Gasteiger partial charge in [0.05, 0.1) is 22.5 Å². The van der Waals surface area contributed by atoms with Gasteiger partial charge in [0, 0.05) is 10.5 Å². The largest absolute Gasteiger partial charge is 0.481 e. The van der Waals surface area contributed by atoms with Gasteiger partial charge in [-0.05, 0) is 6.07 Å². The fourth-order valence-electron chi connectivity index (χ4n) is 1.27. The van der Waals surface area contributed by atoms with Crippen molar-refractivity contribution in [3.8, 4) is 0 Å². The van der Waals surface area contributed by atoms with Crippen LogP contribution in [0.2, 0.25) is 0 Å². The van der Waals surface area contributed by atoms with Crippen LogP contribution in [-0.4, -0.2) is 16.0 Å². The molecule has 0 bridgehead atoms. The minimum atomic E-state index is -4.74. The predicted molar refractivity (Wildman–Crippen MR) is 57.1 cm³/mol. The van der Waals surface area contributed by atoms with E-state index in [9.17, 15) is 28.1 Å². The maximum absolute atomic E-state index is 12.4. The molecule has 0 saturated heterocycles. The van der Waals surface area contributed by atoms with Crippen molar-refractivity contribution in [3.63, 3.8) is 0 Å². The fraction of sp³-hybridized carbons (Fsp3) is 0.222. The van der Waals surface area contributed by atoms with Crippen molar-refractivity contribution in [3.05, 3.63) is 37.8 Å². The Morgan fingerprint density at radius 2 is 2.00 bits per heavy atom. The highest BCUT2D eigenvalue weighted by Gasteiger charge is 2.34. The number of hydrogen-bond donors (Lipinski definition) is 1. The standard InChI is InChI=1S/C9H5BrF3NO4/c10-6-1-4(9(11,12)13)2-7(14(17)18)5(6)3-8(15)16/h1-2H,3H2,(H,15,16). The van der Waals surface area contributed by atoms with E-state index in [0.29, 0.717) is 12.1 Å². The molecule has 0 aliphatic carbocycles. The summed E-state index contributed by atoms with van der Waals surface area (Å²) in [6, 6.07) is 0.939. The number of carboxylic acids is 1. The highest BCUT2D eigenvalue weighted by Crippen LogP contribution is 2.37. The van der Waals surface area contributed by atoms with Crippen molar-refractivity contribution in [2.75, 3.05) is 0 Å². The first kappa shape index (κ1) is 14.4. The lowest BCUT2D eigenvalue weighted by Crippen LogP contribution is -2.10. The molecule has 0 spiro atoms. The second-order valence-electron chi connectivity index (χ2n) is 3.28. The highest BCUT2D eigenvalue weighted by molar-refractivity contribution is 9.10. The lowest BCUT2D eigenvalue weighted by Gasteiger charge is -2.10. The van der Waals surface area contributed by atoms with Gasteiger partial charge in [-0.25, -0.2) is 0 Å². The molecule has 0 aliphatic rings. The Morgan fingerprint density at radius 3 is 2.39 bits per heavy atom. The molecule has 1 rings (SSSR count). The van der Waals surface area contributed by atoms with Crippen LogP contribution in [-0.2, 0) is 17.4 Å². The minimum Gasteiger partial charge on any atom is -0.481 e. The van der Waals surface area contributed by atoms with Crippen LogP contribution in [0.3, 0.4) is 0 Å². The third-order valence-electron chi connectivity index (χ3n) is 2.02. The minimum absolute atomic E-state index is 0.258. The molecule has 0 fully saturated rings. The van der Waals surface area contributed by atoms with Gasteiger partial charge >= 0.3 is 12.1 Å². The summed E-state index contributed by atoms with van der Waals surface area (Å²) in [5.74, 6) is -1.38. The van der Waals surface area contributed by atoms with Crippen LogP contribution in [0.4, 0.5) is 18.9 Å². The summed E-state index contributed by atoms with van der Waals surface area (Å²) in [6.07, 6.45) is -5.48. The zero-order valence-electron chi connectivity index (χ0n) is 8.49. The number of hydrogen-bond acceptors (Lipinski definition) is 3. The summed E-state index contributed by atoms with van der Waals surface area (Å²) in [5.41, 5.74) is -2.39. The molecular formula is C9H5BrF3NO4. The molecule has 0 unspecified atom stereocenters. The highest BCUT2D eigenvalue weighted by atomic mass is 79.9. The number of nitro benzene ring substituents is 1. The Bertz CT molecular complexity index is 515. The number of benzene rings is 1. The summed E-state index contributed by atoms with van der Waals surface area (Å²) in [5, 5.41) is 19.2. The Labute approximate surface area is 106 Å². The van der Waals surface area contributed by atoms with E-state index >= 15 is 0 Å². The van der Waals surface area contributed by atoms with E-state index < -0.39 is 34.7 Å². The van der Waals surface area contributed by atoms with E-state index in [4.69, 9.17) is 5.11 Å². The molecule has 1 N–H and O–H groups in total. The second-order valence-corrected chi connectivity index (χ2v) is 4.14. The molecule has 5 nitrogen and oxygen atoms in total. The van der Waals surface area contributed by atoms with Crippen molar-refractivity contribution in [2.24, 2.45) is 0 Å². The summed E-state index contributed by atoms with van der Waals surface area (Å²) in [4.78, 5) is 20.1. The van der Waals surface area contributed by atoms with Crippen molar-refractivity contribution in [2.45, 2.75) is 12.6 Å². The molecule has 0 radical (unpaired) electrons. The molecule has 0 saturated carbocycles. The van der Waals surface area contributed by atoms with E-state index in [-0.39, 0.29) is 10.0 Å². The average molecular weight is 328 g/mol. The average Bonchev–Trinajstić information content (AvgIpc) is 2.17. The molecule has 18 heavy (non-hydrogen) atoms. The Balaban J connectivity index is 3.45. The van der Waals surface area contributed by atoms with Crippen LogP contribution in [0, 0.1) is 10.1 Å². The quantitative estimate of drug-likeness (QED) is 0.683. The molecule has 9 heteroatoms. The van der Waals surface area contributed by atoms with Gasteiger partial charge < -0.3 is 5.11 Å². The SMILES string of the molecule is O=C(O)Cc1c(Br)cc(C(F)(F)F)cc1[N+](=O)[O-]. The van der Waals surface area contributed by atoms with Crippen LogP contribution in [0.15, 0.2) is 16.6 Å². The maximum atomic E-state index is 12.4. The number of rotatable bonds is 3. The normalized spacial score (nSPS) is 11.3. The van der Waals surface area contributed by atoms with Crippen LogP contribution in [0.25, 0.3) is 0 Å². The Hall–Kier alpha value is -1.64. The molecule has 0 aliphatic heterocycles. The first-order valence-corrected chi connectivity index (χ1v) is 5.18. The number of nitro groups is 1. The van der Waals surface area contributed by atoms with Crippen molar-refractivity contribution < 1.29 is 28.0 Å². The van der Waals surface area contributed by atoms with Crippen LogP contribution >= 0.6 is 15.9 Å². The fourth-order valence-corrected chi connectivity index (χ4v) is 1.86. The van der Waals surface area contributed by atoms with Gasteiger partial charge in [-0.3, -0.25) is 14.9 Å². The molecule has 1 aromatic rings. The van der Waals surface area contributed by atoms with E-state index in [2.05, 4.69) is 15.9 Å². The van der Waals surface area contributed by atoms with Gasteiger partial charge in [-0.15, -0.1) is 0 Å². The number of carboxylic acid groups (broad SMARTS) is 1. The second kappa shape index (κ2) is 4.92. The Morgan fingerprint density at radius 1 is 1.44 bits per heavy atom. The number of carbonyl (C=O) groups is 1. The molecule has 0 amide bonds. The number of alkyl halides is 3. The Kier molecular flexibility index (Phi) is 3.95. The van der Waals surface area contributed by atoms with E-state index in [1.54, 1.807) is 0 Å². The molecule has 0 atom stereocenters. The predicted octanol–water partition coefficient (Wildman–Crippen LogP) is 3.00. The first-order chi connectivity index (χ1) is 8.12. The van der Waals surface area contributed by atoms with Gasteiger partial charge in [0.1, 0.15) is 0 Å². The number of halogens is 4. The third-order valence-corrected chi connectivity index (χ3v) is 2.73. The summed E-state index contributed by atoms with van der Waals surface area (Å²) in [7, 11) is 0. The number of aliphatic carboxylic acids is 1. The van der Waals surface area contributed by atoms with Crippen molar-refractivity contribution in [1.29, 1.82) is 0 Å². The zero-order valence-corrected chi connectivity index (χ0v) is 10.1. The monoisotopic (exact) mass is 327 g/mol. The summed E-state index contributed by atoms with van der Waals surface area (Å²) >= 11 is 2.72. The van der Waals surface area contributed by atoms with E-state index in [1.165, 1.54) is 0 Å². The van der Waals surface area contributed by atoms with Gasteiger partial charge in [0.25, 0.3) is 5.69 Å². The molecule has 0 heterocycles. The van der Waals surface area contributed by atoms with Gasteiger partial charge in [-0.1, -0.05) is 15.9 Å². The smallest absolute Gasteiger partial charge is 0.416 e. The first-order valence-electron chi connectivity index (χ1n) is 4.38. The van der Waals surface area contributed by atoms with Gasteiger partial charge in [-0.2, -0.15) is 13.2 Å². The van der Waals surface area contributed by atoms with E-state index in [0.717, 1.165) is 0 Å². The van der Waals surface area contributed by atoms with Crippen molar-refractivity contribution >= 4 is 27.6 Å². The summed E-state index contributed by atoms with van der Waals surface area (Å²) in [6.45, 7) is 0. The molecular weight excluding hydrogens is 323 g/mol. The lowest BCUT2D eigenvalue weighted by molar-refractivity contribution is -0.385. The van der Waals surface area contributed by atoms with Crippen molar-refractivity contribution in [1.82, 2.24) is 0 Å². The lowest BCUT2D eigenvalue weighted by atomic mass is 10.1. The maximum Gasteiger partial charge on any atom is 0.416 e. The molecule has 98 valence electrons. The molecule has 1 aromatic carbocycles. The topological polar surface area (TPSA) is 80.4 Å². The van der Waals surface area contributed by atoms with Crippen LogP contribution in [0.1, 0.15) is 11.1 Å². The van der Waals surface area contributed by atoms with Crippen LogP contribution < -0.4 is 0 Å². The zero-order chi connectivity index (χ0) is 14.1. The molecule has 0 aromatic heterocycles. The van der Waals surface area contributed by atoms with E-state index in [1.807, 2.05) is 0 Å². The summed E-state index contributed by atoms with van der Waals surface area (Å²) < 4.78 is 37.1. The van der Waals surface area contributed by atoms with Gasteiger partial charge in [0.15, 0.2) is 0 Å². The third kappa shape index (κ3) is 3.19. The van der Waals surface area contributed by atoms with Gasteiger partial charge in [0.2, 0.25) is 0 Å².